The molecule has 16 heavy (non-hydrogen) atoms. The van der Waals surface area contributed by atoms with Gasteiger partial charge >= 0.3 is 0 Å². The molecule has 0 aliphatic rings. The Morgan fingerprint density at radius 3 is 2.12 bits per heavy atom. The van der Waals surface area contributed by atoms with Crippen molar-refractivity contribution in [2.45, 2.75) is 20.8 Å². The highest BCUT2D eigenvalue weighted by Crippen LogP contribution is 2.34. The van der Waals surface area contributed by atoms with Gasteiger partial charge in [-0.1, -0.05) is 0 Å². The molecule has 0 radical (unpaired) electrons. The van der Waals surface area contributed by atoms with Crippen LogP contribution in [0.1, 0.15) is 31.1 Å². The van der Waals surface area contributed by atoms with E-state index in [1.807, 2.05) is 13.8 Å². The van der Waals surface area contributed by atoms with Gasteiger partial charge in [-0.05, 0) is 26.8 Å². The molecule has 0 amide bonds. The Morgan fingerprint density at radius 2 is 1.69 bits per heavy atom. The van der Waals surface area contributed by atoms with Crippen molar-refractivity contribution in [3.8, 4) is 17.2 Å². The van der Waals surface area contributed by atoms with Gasteiger partial charge in [-0.25, -0.2) is 0 Å². The molecule has 1 aromatic rings. The number of phenolic OH excluding ortho intramolecular Hbond substituents is 1. The average molecular weight is 224 g/mol. The summed E-state index contributed by atoms with van der Waals surface area (Å²) in [5.74, 6) is 0.639. The zero-order chi connectivity index (χ0) is 12.1. The molecule has 1 rings (SSSR count). The van der Waals surface area contributed by atoms with Crippen molar-refractivity contribution in [3.63, 3.8) is 0 Å². The summed E-state index contributed by atoms with van der Waals surface area (Å²) in [6, 6.07) is 2.91. The second kappa shape index (κ2) is 5.39. The van der Waals surface area contributed by atoms with Gasteiger partial charge in [0.25, 0.3) is 0 Å². The molecule has 0 spiro atoms. The van der Waals surface area contributed by atoms with E-state index in [1.54, 1.807) is 0 Å². The summed E-state index contributed by atoms with van der Waals surface area (Å²) in [4.78, 5) is 11.2. The number of benzene rings is 1. The number of rotatable bonds is 5. The van der Waals surface area contributed by atoms with Crippen molar-refractivity contribution in [3.05, 3.63) is 17.7 Å². The maximum atomic E-state index is 11.2. The molecule has 0 unspecified atom stereocenters. The van der Waals surface area contributed by atoms with Crippen LogP contribution in [0.5, 0.6) is 17.2 Å². The lowest BCUT2D eigenvalue weighted by Crippen LogP contribution is -2.01. The van der Waals surface area contributed by atoms with E-state index in [-0.39, 0.29) is 17.1 Å². The number of Topliss-reactive ketones (excluding diaryl/α,β-unsaturated/α-hetero) is 1. The molecule has 0 aliphatic carbocycles. The number of carbonyl (C=O) groups excluding carboxylic acids is 1. The van der Waals surface area contributed by atoms with E-state index in [0.717, 1.165) is 0 Å². The molecular formula is C12H16O4. The van der Waals surface area contributed by atoms with Crippen LogP contribution in [0.25, 0.3) is 0 Å². The molecule has 0 bridgehead atoms. The molecule has 4 nitrogen and oxygen atoms in total. The minimum atomic E-state index is -0.207. The Morgan fingerprint density at radius 1 is 1.19 bits per heavy atom. The van der Waals surface area contributed by atoms with Crippen LogP contribution < -0.4 is 9.47 Å². The second-order valence-electron chi connectivity index (χ2n) is 3.24. The monoisotopic (exact) mass is 224 g/mol. The van der Waals surface area contributed by atoms with Gasteiger partial charge in [0.1, 0.15) is 5.75 Å². The summed E-state index contributed by atoms with van der Waals surface area (Å²) in [5, 5.41) is 9.62. The van der Waals surface area contributed by atoms with Crippen molar-refractivity contribution < 1.29 is 19.4 Å². The maximum absolute atomic E-state index is 11.2. The highest BCUT2D eigenvalue weighted by molar-refractivity contribution is 5.97. The first-order valence-electron chi connectivity index (χ1n) is 5.23. The highest BCUT2D eigenvalue weighted by atomic mass is 16.5. The van der Waals surface area contributed by atoms with Gasteiger partial charge in [0.05, 0.1) is 18.8 Å². The van der Waals surface area contributed by atoms with Crippen LogP contribution in [-0.4, -0.2) is 24.1 Å². The Labute approximate surface area is 94.8 Å². The van der Waals surface area contributed by atoms with Gasteiger partial charge < -0.3 is 14.6 Å². The predicted molar refractivity (Wildman–Crippen MR) is 60.4 cm³/mol. The van der Waals surface area contributed by atoms with E-state index in [2.05, 4.69) is 0 Å². The van der Waals surface area contributed by atoms with Gasteiger partial charge in [0.15, 0.2) is 17.3 Å². The first-order valence-corrected chi connectivity index (χ1v) is 5.23. The Bertz CT molecular complexity index is 385. The third-order valence-electron chi connectivity index (χ3n) is 2.04. The molecule has 0 heterocycles. The molecule has 1 N–H and O–H groups in total. The van der Waals surface area contributed by atoms with Crippen molar-refractivity contribution in [1.82, 2.24) is 0 Å². The molecule has 0 saturated heterocycles. The lowest BCUT2D eigenvalue weighted by molar-refractivity contribution is 0.101. The summed E-state index contributed by atoms with van der Waals surface area (Å²) < 4.78 is 10.7. The van der Waals surface area contributed by atoms with Crippen LogP contribution in [0.2, 0.25) is 0 Å². The molecule has 4 heteroatoms. The van der Waals surface area contributed by atoms with Crippen LogP contribution >= 0.6 is 0 Å². The smallest absolute Gasteiger partial charge is 0.164 e. The van der Waals surface area contributed by atoms with E-state index in [4.69, 9.17) is 9.47 Å². The first-order chi connectivity index (χ1) is 7.60. The molecule has 0 aliphatic heterocycles. The standard InChI is InChI=1S/C12H16O4/c1-4-15-11-6-9(8(3)13)10(14)7-12(11)16-5-2/h6-7,14H,4-5H2,1-3H3. The number of hydrogen-bond donors (Lipinski definition) is 1. The van der Waals surface area contributed by atoms with E-state index in [1.165, 1.54) is 19.1 Å². The van der Waals surface area contributed by atoms with Gasteiger partial charge in [-0.3, -0.25) is 4.79 Å². The van der Waals surface area contributed by atoms with Crippen molar-refractivity contribution >= 4 is 5.78 Å². The van der Waals surface area contributed by atoms with Gasteiger partial charge in [0, 0.05) is 6.07 Å². The first kappa shape index (κ1) is 12.4. The van der Waals surface area contributed by atoms with Crippen molar-refractivity contribution in [2.24, 2.45) is 0 Å². The zero-order valence-corrected chi connectivity index (χ0v) is 9.74. The minimum absolute atomic E-state index is 0.0839. The molecule has 88 valence electrons. The fourth-order valence-corrected chi connectivity index (χ4v) is 1.37. The van der Waals surface area contributed by atoms with Crippen molar-refractivity contribution in [2.75, 3.05) is 13.2 Å². The normalized spacial score (nSPS) is 9.94. The molecule has 1 aromatic carbocycles. The fraction of sp³-hybridized carbons (Fsp3) is 0.417. The Hall–Kier alpha value is -1.71. The van der Waals surface area contributed by atoms with Gasteiger partial charge in [-0.2, -0.15) is 0 Å². The largest absolute Gasteiger partial charge is 0.507 e. The van der Waals surface area contributed by atoms with E-state index >= 15 is 0 Å². The molecule has 0 saturated carbocycles. The third kappa shape index (κ3) is 2.66. The number of phenols is 1. The van der Waals surface area contributed by atoms with Gasteiger partial charge in [0.2, 0.25) is 0 Å². The summed E-state index contributed by atoms with van der Waals surface area (Å²) in [7, 11) is 0. The summed E-state index contributed by atoms with van der Waals surface area (Å²) >= 11 is 0. The summed E-state index contributed by atoms with van der Waals surface area (Å²) in [6.07, 6.45) is 0. The highest BCUT2D eigenvalue weighted by Gasteiger charge is 2.13. The van der Waals surface area contributed by atoms with Crippen LogP contribution in [0.3, 0.4) is 0 Å². The van der Waals surface area contributed by atoms with Gasteiger partial charge in [-0.15, -0.1) is 0 Å². The average Bonchev–Trinajstić information content (AvgIpc) is 2.22. The summed E-state index contributed by atoms with van der Waals surface area (Å²) in [5.41, 5.74) is 0.243. The number of hydrogen-bond acceptors (Lipinski definition) is 4. The second-order valence-corrected chi connectivity index (χ2v) is 3.24. The minimum Gasteiger partial charge on any atom is -0.507 e. The van der Waals surface area contributed by atoms with Crippen LogP contribution in [0.4, 0.5) is 0 Å². The maximum Gasteiger partial charge on any atom is 0.164 e. The number of aromatic hydroxyl groups is 1. The molecule has 0 aromatic heterocycles. The molecule has 0 fully saturated rings. The Kier molecular flexibility index (Phi) is 4.17. The lowest BCUT2D eigenvalue weighted by atomic mass is 10.1. The zero-order valence-electron chi connectivity index (χ0n) is 9.74. The SMILES string of the molecule is CCOc1cc(O)c(C(C)=O)cc1OCC. The van der Waals surface area contributed by atoms with E-state index < -0.39 is 0 Å². The van der Waals surface area contributed by atoms with Crippen molar-refractivity contribution in [1.29, 1.82) is 0 Å². The lowest BCUT2D eigenvalue weighted by Gasteiger charge is -2.12. The number of ether oxygens (including phenoxy) is 2. The van der Waals surface area contributed by atoms with E-state index in [9.17, 15) is 9.90 Å². The Balaban J connectivity index is 3.19. The predicted octanol–water partition coefficient (Wildman–Crippen LogP) is 2.39. The molecular weight excluding hydrogens is 208 g/mol. The van der Waals surface area contributed by atoms with Crippen LogP contribution in [0, 0.1) is 0 Å². The van der Waals surface area contributed by atoms with Crippen LogP contribution in [-0.2, 0) is 0 Å². The topological polar surface area (TPSA) is 55.8 Å². The third-order valence-corrected chi connectivity index (χ3v) is 2.04. The summed E-state index contributed by atoms with van der Waals surface area (Å²) in [6.45, 7) is 6.02. The van der Waals surface area contributed by atoms with Crippen LogP contribution in [0.15, 0.2) is 12.1 Å². The molecule has 0 atom stereocenters. The quantitative estimate of drug-likeness (QED) is 0.780. The fourth-order valence-electron chi connectivity index (χ4n) is 1.37. The number of carbonyl (C=O) groups is 1. The number of ketones is 1. The van der Waals surface area contributed by atoms with E-state index in [0.29, 0.717) is 24.7 Å².